The van der Waals surface area contributed by atoms with Crippen LogP contribution in [0.4, 0.5) is 11.5 Å². The third-order valence-electron chi connectivity index (χ3n) is 3.56. The summed E-state index contributed by atoms with van der Waals surface area (Å²) in [6.45, 7) is 2.36. The molecule has 1 saturated heterocycles. The van der Waals surface area contributed by atoms with Crippen molar-refractivity contribution in [3.05, 3.63) is 27.9 Å². The Morgan fingerprint density at radius 2 is 2.19 bits per heavy atom. The summed E-state index contributed by atoms with van der Waals surface area (Å²) in [5.41, 5.74) is 4.82. The smallest absolute Gasteiger partial charge is 0.308 e. The van der Waals surface area contributed by atoms with Crippen LogP contribution in [0.25, 0.3) is 0 Å². The number of nitrogens with two attached hydrogens (primary N) is 1. The lowest BCUT2D eigenvalue weighted by Crippen LogP contribution is -2.27. The Morgan fingerprint density at radius 3 is 2.67 bits per heavy atom. The van der Waals surface area contributed by atoms with Crippen LogP contribution in [-0.2, 0) is 4.79 Å². The number of anilines is 1. The zero-order chi connectivity index (χ0) is 15.7. The van der Waals surface area contributed by atoms with Crippen LogP contribution in [0.2, 0.25) is 0 Å². The first-order chi connectivity index (χ1) is 9.81. The van der Waals surface area contributed by atoms with E-state index in [0.717, 1.165) is 12.3 Å². The van der Waals surface area contributed by atoms with Gasteiger partial charge in [0, 0.05) is 19.2 Å². The Morgan fingerprint density at radius 1 is 1.52 bits per heavy atom. The van der Waals surface area contributed by atoms with Gasteiger partial charge < -0.3 is 15.7 Å². The maximum Gasteiger partial charge on any atom is 0.308 e. The standard InChI is InChI=1S/C12H14N4O5/c1-6-4-15(5-9(6)12(18)19)11-8(10(13)17)2-7(3-14-11)16(20)21/h2-3,6,9H,4-5H2,1H3,(H2,13,17)(H,18,19). The topological polar surface area (TPSA) is 140 Å². The minimum absolute atomic E-state index is 0.0811. The molecule has 0 saturated carbocycles. The minimum atomic E-state index is -0.924. The number of carboxylic acid groups (broad SMARTS) is 1. The predicted octanol–water partition coefficient (Wildman–Crippen LogP) is 0.246. The van der Waals surface area contributed by atoms with Gasteiger partial charge in [-0.15, -0.1) is 0 Å². The van der Waals surface area contributed by atoms with Gasteiger partial charge in [0.1, 0.15) is 12.0 Å². The second-order valence-electron chi connectivity index (χ2n) is 5.01. The molecule has 1 amide bonds. The molecule has 112 valence electrons. The maximum atomic E-state index is 11.5. The summed E-state index contributed by atoms with van der Waals surface area (Å²) in [6.07, 6.45) is 1.03. The van der Waals surface area contributed by atoms with Crippen LogP contribution in [0, 0.1) is 22.0 Å². The molecule has 2 unspecified atom stereocenters. The van der Waals surface area contributed by atoms with Crippen molar-refractivity contribution in [3.63, 3.8) is 0 Å². The van der Waals surface area contributed by atoms with Gasteiger partial charge in [0.25, 0.3) is 11.6 Å². The molecule has 0 aliphatic carbocycles. The van der Waals surface area contributed by atoms with Gasteiger partial charge in [-0.3, -0.25) is 19.7 Å². The summed E-state index contributed by atoms with van der Waals surface area (Å²) in [7, 11) is 0. The first-order valence-corrected chi connectivity index (χ1v) is 6.23. The van der Waals surface area contributed by atoms with E-state index in [0.29, 0.717) is 6.54 Å². The molecule has 1 fully saturated rings. The molecule has 0 bridgehead atoms. The van der Waals surface area contributed by atoms with E-state index in [4.69, 9.17) is 10.8 Å². The molecule has 1 aromatic heterocycles. The number of hydrogen-bond acceptors (Lipinski definition) is 6. The van der Waals surface area contributed by atoms with Crippen molar-refractivity contribution in [2.45, 2.75) is 6.92 Å². The Kier molecular flexibility index (Phi) is 3.74. The van der Waals surface area contributed by atoms with Gasteiger partial charge >= 0.3 is 5.97 Å². The quantitative estimate of drug-likeness (QED) is 0.599. The Labute approximate surface area is 119 Å². The molecule has 0 spiro atoms. The third-order valence-corrected chi connectivity index (χ3v) is 3.56. The van der Waals surface area contributed by atoms with E-state index in [-0.39, 0.29) is 29.5 Å². The second-order valence-corrected chi connectivity index (χ2v) is 5.01. The van der Waals surface area contributed by atoms with Crippen molar-refractivity contribution in [1.29, 1.82) is 0 Å². The molecule has 9 nitrogen and oxygen atoms in total. The lowest BCUT2D eigenvalue weighted by molar-refractivity contribution is -0.385. The van der Waals surface area contributed by atoms with E-state index >= 15 is 0 Å². The Balaban J connectivity index is 2.38. The number of nitro groups is 1. The van der Waals surface area contributed by atoms with E-state index in [1.54, 1.807) is 11.8 Å². The number of pyridine rings is 1. The highest BCUT2D eigenvalue weighted by molar-refractivity contribution is 5.98. The van der Waals surface area contributed by atoms with Gasteiger partial charge in [0.05, 0.1) is 16.4 Å². The molecule has 2 heterocycles. The average molecular weight is 294 g/mol. The predicted molar refractivity (Wildman–Crippen MR) is 71.9 cm³/mol. The third kappa shape index (κ3) is 2.76. The molecule has 0 radical (unpaired) electrons. The van der Waals surface area contributed by atoms with Crippen molar-refractivity contribution in [3.8, 4) is 0 Å². The minimum Gasteiger partial charge on any atom is -0.481 e. The highest BCUT2D eigenvalue weighted by atomic mass is 16.6. The van der Waals surface area contributed by atoms with E-state index in [9.17, 15) is 19.7 Å². The fourth-order valence-corrected chi connectivity index (χ4v) is 2.44. The van der Waals surface area contributed by atoms with E-state index in [1.807, 2.05) is 0 Å². The summed E-state index contributed by atoms with van der Waals surface area (Å²) in [5, 5.41) is 19.8. The summed E-state index contributed by atoms with van der Waals surface area (Å²) >= 11 is 0. The number of rotatable bonds is 4. The first-order valence-electron chi connectivity index (χ1n) is 6.23. The van der Waals surface area contributed by atoms with Gasteiger partial charge in [-0.2, -0.15) is 0 Å². The van der Waals surface area contributed by atoms with Crippen LogP contribution in [0.15, 0.2) is 12.3 Å². The van der Waals surface area contributed by atoms with Crippen LogP contribution in [0.3, 0.4) is 0 Å². The van der Waals surface area contributed by atoms with Gasteiger partial charge in [0.15, 0.2) is 0 Å². The summed E-state index contributed by atoms with van der Waals surface area (Å²) in [5.74, 6) is -2.29. The van der Waals surface area contributed by atoms with Crippen molar-refractivity contribution in [1.82, 2.24) is 4.98 Å². The number of primary amides is 1. The highest BCUT2D eigenvalue weighted by Crippen LogP contribution is 2.30. The largest absolute Gasteiger partial charge is 0.481 e. The number of aromatic nitrogens is 1. The van der Waals surface area contributed by atoms with E-state index in [1.165, 1.54) is 0 Å². The zero-order valence-corrected chi connectivity index (χ0v) is 11.2. The fourth-order valence-electron chi connectivity index (χ4n) is 2.44. The van der Waals surface area contributed by atoms with Crippen LogP contribution in [0.1, 0.15) is 17.3 Å². The lowest BCUT2D eigenvalue weighted by atomic mass is 9.99. The number of carboxylic acids is 1. The summed E-state index contributed by atoms with van der Waals surface area (Å²) in [6, 6.07) is 1.06. The Bertz CT molecular complexity index is 618. The van der Waals surface area contributed by atoms with Crippen molar-refractivity contribution in [2.24, 2.45) is 17.6 Å². The van der Waals surface area contributed by atoms with Crippen LogP contribution in [0.5, 0.6) is 0 Å². The van der Waals surface area contributed by atoms with E-state index < -0.39 is 22.7 Å². The van der Waals surface area contributed by atoms with Gasteiger partial charge in [0.2, 0.25) is 0 Å². The second kappa shape index (κ2) is 5.35. The number of carbonyl (C=O) groups is 2. The van der Waals surface area contributed by atoms with Crippen LogP contribution >= 0.6 is 0 Å². The van der Waals surface area contributed by atoms with Crippen molar-refractivity contribution >= 4 is 23.4 Å². The SMILES string of the molecule is CC1CN(c2ncc([N+](=O)[O-])cc2C(N)=O)CC1C(=O)O. The number of nitrogens with zero attached hydrogens (tertiary/aromatic N) is 3. The van der Waals surface area contributed by atoms with Gasteiger partial charge in [-0.05, 0) is 5.92 Å². The monoisotopic (exact) mass is 294 g/mol. The molecular weight excluding hydrogens is 280 g/mol. The molecule has 0 aromatic carbocycles. The molecule has 1 aromatic rings. The number of hydrogen-bond donors (Lipinski definition) is 2. The normalized spacial score (nSPS) is 21.3. The average Bonchev–Trinajstić information content (AvgIpc) is 2.80. The summed E-state index contributed by atoms with van der Waals surface area (Å²) in [4.78, 5) is 38.2. The van der Waals surface area contributed by atoms with Gasteiger partial charge in [-0.25, -0.2) is 4.98 Å². The molecule has 21 heavy (non-hydrogen) atoms. The zero-order valence-electron chi connectivity index (χ0n) is 11.2. The first kappa shape index (κ1) is 14.7. The lowest BCUT2D eigenvalue weighted by Gasteiger charge is -2.19. The summed E-state index contributed by atoms with van der Waals surface area (Å²) < 4.78 is 0. The van der Waals surface area contributed by atoms with Crippen LogP contribution < -0.4 is 10.6 Å². The van der Waals surface area contributed by atoms with Crippen LogP contribution in [-0.4, -0.2) is 40.0 Å². The molecule has 9 heteroatoms. The number of carbonyl (C=O) groups excluding carboxylic acids is 1. The molecule has 1 aliphatic rings. The molecule has 2 atom stereocenters. The van der Waals surface area contributed by atoms with Gasteiger partial charge in [-0.1, -0.05) is 6.92 Å². The van der Waals surface area contributed by atoms with E-state index in [2.05, 4.69) is 4.98 Å². The molecule has 2 rings (SSSR count). The fraction of sp³-hybridized carbons (Fsp3) is 0.417. The molecular formula is C12H14N4O5. The molecule has 1 aliphatic heterocycles. The highest BCUT2D eigenvalue weighted by Gasteiger charge is 2.36. The molecule has 3 N–H and O–H groups in total. The van der Waals surface area contributed by atoms with Crippen molar-refractivity contribution < 1.29 is 19.6 Å². The number of aliphatic carboxylic acids is 1. The maximum absolute atomic E-state index is 11.5. The van der Waals surface area contributed by atoms with Crippen molar-refractivity contribution in [2.75, 3.05) is 18.0 Å². The number of amides is 1. The Hall–Kier alpha value is -2.71.